The van der Waals surface area contributed by atoms with Crippen LogP contribution in [0.15, 0.2) is 0 Å². The Bertz CT molecular complexity index is 278. The Morgan fingerprint density at radius 2 is 2.11 bits per heavy atom. The Morgan fingerprint density at radius 3 is 2.67 bits per heavy atom. The maximum absolute atomic E-state index is 11.1. The smallest absolute Gasteiger partial charge is 0.322 e. The highest BCUT2D eigenvalue weighted by molar-refractivity contribution is 5.75. The van der Waals surface area contributed by atoms with Crippen molar-refractivity contribution in [2.45, 2.75) is 58.6 Å². The van der Waals surface area contributed by atoms with Gasteiger partial charge in [0.25, 0.3) is 0 Å². The van der Waals surface area contributed by atoms with E-state index in [1.54, 1.807) is 0 Å². The van der Waals surface area contributed by atoms with Crippen molar-refractivity contribution >= 4 is 5.97 Å². The van der Waals surface area contributed by atoms with E-state index in [0.717, 1.165) is 12.8 Å². The van der Waals surface area contributed by atoms with Gasteiger partial charge in [0, 0.05) is 6.61 Å². The molecule has 106 valence electrons. The molecule has 0 aromatic carbocycles. The third-order valence-corrected chi connectivity index (χ3v) is 3.63. The number of carbonyl (C=O) groups is 1. The zero-order valence-corrected chi connectivity index (χ0v) is 12.1. The summed E-state index contributed by atoms with van der Waals surface area (Å²) in [5.74, 6) is 0.337. The molecule has 0 aromatic heterocycles. The van der Waals surface area contributed by atoms with E-state index in [1.807, 2.05) is 0 Å². The van der Waals surface area contributed by atoms with Crippen molar-refractivity contribution in [1.29, 1.82) is 0 Å². The van der Waals surface area contributed by atoms with Crippen molar-refractivity contribution in [2.75, 3.05) is 13.7 Å². The standard InChI is InChI=1S/C14H27NO3/c1-10-7-11(9-14(2,3)8-10)18-6-5-12(15)13(16)17-4/h10-12H,5-9,15H2,1-4H3. The molecule has 1 saturated carbocycles. The van der Waals surface area contributed by atoms with Crippen LogP contribution in [0.25, 0.3) is 0 Å². The van der Waals surface area contributed by atoms with Gasteiger partial charge >= 0.3 is 5.97 Å². The van der Waals surface area contributed by atoms with E-state index < -0.39 is 6.04 Å². The molecule has 0 amide bonds. The minimum absolute atomic E-state index is 0.300. The number of methoxy groups -OCH3 is 1. The minimum Gasteiger partial charge on any atom is -0.468 e. The summed E-state index contributed by atoms with van der Waals surface area (Å²) >= 11 is 0. The van der Waals surface area contributed by atoms with E-state index in [9.17, 15) is 4.79 Å². The molecular formula is C14H27NO3. The Hall–Kier alpha value is -0.610. The zero-order chi connectivity index (χ0) is 13.8. The normalized spacial score (nSPS) is 28.7. The second kappa shape index (κ2) is 6.53. The van der Waals surface area contributed by atoms with E-state index in [0.29, 0.717) is 30.5 Å². The first-order chi connectivity index (χ1) is 8.34. The van der Waals surface area contributed by atoms with E-state index >= 15 is 0 Å². The second-order valence-electron chi connectivity index (χ2n) is 6.32. The van der Waals surface area contributed by atoms with Crippen LogP contribution in [0.3, 0.4) is 0 Å². The van der Waals surface area contributed by atoms with E-state index in [4.69, 9.17) is 10.5 Å². The number of rotatable bonds is 5. The van der Waals surface area contributed by atoms with Crippen LogP contribution < -0.4 is 5.73 Å². The Labute approximate surface area is 110 Å². The van der Waals surface area contributed by atoms with Crippen LogP contribution >= 0.6 is 0 Å². The predicted octanol–water partition coefficient (Wildman–Crippen LogP) is 2.11. The summed E-state index contributed by atoms with van der Waals surface area (Å²) in [5, 5.41) is 0. The van der Waals surface area contributed by atoms with Gasteiger partial charge in [0.15, 0.2) is 0 Å². The van der Waals surface area contributed by atoms with Gasteiger partial charge in [0.05, 0.1) is 13.2 Å². The lowest BCUT2D eigenvalue weighted by Crippen LogP contribution is -2.35. The van der Waals surface area contributed by atoms with Crippen LogP contribution in [0.5, 0.6) is 0 Å². The van der Waals surface area contributed by atoms with Gasteiger partial charge in [0.2, 0.25) is 0 Å². The molecule has 3 atom stereocenters. The third-order valence-electron chi connectivity index (χ3n) is 3.63. The van der Waals surface area contributed by atoms with E-state index in [1.165, 1.54) is 13.5 Å². The van der Waals surface area contributed by atoms with Gasteiger partial charge in [-0.1, -0.05) is 20.8 Å². The van der Waals surface area contributed by atoms with Crippen LogP contribution in [0.4, 0.5) is 0 Å². The number of esters is 1. The maximum Gasteiger partial charge on any atom is 0.322 e. The molecular weight excluding hydrogens is 230 g/mol. The fourth-order valence-electron chi connectivity index (χ4n) is 3.02. The molecule has 0 aromatic rings. The Morgan fingerprint density at radius 1 is 1.44 bits per heavy atom. The molecule has 4 nitrogen and oxygen atoms in total. The maximum atomic E-state index is 11.1. The van der Waals surface area contributed by atoms with E-state index in [-0.39, 0.29) is 5.97 Å². The summed E-state index contributed by atoms with van der Waals surface area (Å²) in [4.78, 5) is 11.1. The van der Waals surface area contributed by atoms with Crippen molar-refractivity contribution in [1.82, 2.24) is 0 Å². The minimum atomic E-state index is -0.566. The van der Waals surface area contributed by atoms with Gasteiger partial charge in [-0.2, -0.15) is 0 Å². The molecule has 0 spiro atoms. The van der Waals surface area contributed by atoms with Crippen molar-refractivity contribution < 1.29 is 14.3 Å². The highest BCUT2D eigenvalue weighted by atomic mass is 16.5. The molecule has 3 unspecified atom stereocenters. The molecule has 1 fully saturated rings. The van der Waals surface area contributed by atoms with Gasteiger partial charge in [0.1, 0.15) is 6.04 Å². The summed E-state index contributed by atoms with van der Waals surface area (Å²) in [6, 6.07) is -0.566. The summed E-state index contributed by atoms with van der Waals surface area (Å²) < 4.78 is 10.5. The summed E-state index contributed by atoms with van der Waals surface area (Å²) in [6.07, 6.45) is 4.28. The number of nitrogens with two attached hydrogens (primary N) is 1. The molecule has 0 radical (unpaired) electrons. The van der Waals surface area contributed by atoms with Crippen LogP contribution in [0.2, 0.25) is 0 Å². The van der Waals surface area contributed by atoms with Gasteiger partial charge in [-0.25, -0.2) is 0 Å². The van der Waals surface area contributed by atoms with Crippen LogP contribution in [-0.2, 0) is 14.3 Å². The van der Waals surface area contributed by atoms with Crippen molar-refractivity contribution in [3.63, 3.8) is 0 Å². The van der Waals surface area contributed by atoms with Gasteiger partial charge < -0.3 is 15.2 Å². The number of hydrogen-bond donors (Lipinski definition) is 1. The molecule has 1 rings (SSSR count). The Kier molecular flexibility index (Phi) is 5.60. The first kappa shape index (κ1) is 15.4. The molecule has 4 heteroatoms. The molecule has 18 heavy (non-hydrogen) atoms. The lowest BCUT2D eigenvalue weighted by atomic mass is 9.71. The molecule has 0 aliphatic heterocycles. The molecule has 1 aliphatic carbocycles. The van der Waals surface area contributed by atoms with Crippen molar-refractivity contribution in [2.24, 2.45) is 17.1 Å². The van der Waals surface area contributed by atoms with Gasteiger partial charge in [-0.15, -0.1) is 0 Å². The average molecular weight is 257 g/mol. The molecule has 2 N–H and O–H groups in total. The molecule has 0 bridgehead atoms. The number of hydrogen-bond acceptors (Lipinski definition) is 4. The zero-order valence-electron chi connectivity index (χ0n) is 12.1. The number of carbonyl (C=O) groups excluding carboxylic acids is 1. The largest absolute Gasteiger partial charge is 0.468 e. The fourth-order valence-corrected chi connectivity index (χ4v) is 3.02. The lowest BCUT2D eigenvalue weighted by molar-refractivity contribution is -0.142. The monoisotopic (exact) mass is 257 g/mol. The third kappa shape index (κ3) is 4.94. The quantitative estimate of drug-likeness (QED) is 0.766. The first-order valence-electron chi connectivity index (χ1n) is 6.79. The van der Waals surface area contributed by atoms with Crippen LogP contribution in [-0.4, -0.2) is 31.8 Å². The first-order valence-corrected chi connectivity index (χ1v) is 6.79. The van der Waals surface area contributed by atoms with Crippen LogP contribution in [0.1, 0.15) is 46.5 Å². The van der Waals surface area contributed by atoms with Gasteiger partial charge in [-0.3, -0.25) is 4.79 Å². The number of ether oxygens (including phenoxy) is 2. The lowest BCUT2D eigenvalue weighted by Gasteiger charge is -2.38. The van der Waals surface area contributed by atoms with E-state index in [2.05, 4.69) is 25.5 Å². The molecule has 1 aliphatic rings. The summed E-state index contributed by atoms with van der Waals surface area (Å²) in [7, 11) is 1.36. The Balaban J connectivity index is 2.29. The second-order valence-corrected chi connectivity index (χ2v) is 6.32. The predicted molar refractivity (Wildman–Crippen MR) is 71.1 cm³/mol. The topological polar surface area (TPSA) is 61.5 Å². The fraction of sp³-hybridized carbons (Fsp3) is 0.929. The van der Waals surface area contributed by atoms with Crippen molar-refractivity contribution in [3.05, 3.63) is 0 Å². The summed E-state index contributed by atoms with van der Waals surface area (Å²) in [6.45, 7) is 7.39. The average Bonchev–Trinajstić information content (AvgIpc) is 2.25. The van der Waals surface area contributed by atoms with Crippen molar-refractivity contribution in [3.8, 4) is 0 Å². The van der Waals surface area contributed by atoms with Crippen LogP contribution in [0, 0.1) is 11.3 Å². The molecule has 0 saturated heterocycles. The van der Waals surface area contributed by atoms with Gasteiger partial charge in [-0.05, 0) is 37.0 Å². The highest BCUT2D eigenvalue weighted by Crippen LogP contribution is 2.39. The SMILES string of the molecule is COC(=O)C(N)CCOC1CC(C)CC(C)(C)C1. The molecule has 0 heterocycles. The summed E-state index contributed by atoms with van der Waals surface area (Å²) in [5.41, 5.74) is 6.02. The highest BCUT2D eigenvalue weighted by Gasteiger charge is 2.32.